The van der Waals surface area contributed by atoms with Crippen LogP contribution in [-0.2, 0) is 12.8 Å². The van der Waals surface area contributed by atoms with Gasteiger partial charge in [-0.1, -0.05) is 12.1 Å². The molecule has 0 aliphatic rings. The first-order chi connectivity index (χ1) is 8.08. The first kappa shape index (κ1) is 13.6. The number of nitrogens with zero attached hydrogens (tertiary/aromatic N) is 1. The third kappa shape index (κ3) is 3.77. The van der Waals surface area contributed by atoms with Crippen molar-refractivity contribution in [2.24, 2.45) is 0 Å². The van der Waals surface area contributed by atoms with Crippen molar-refractivity contribution in [3.8, 4) is 0 Å². The van der Waals surface area contributed by atoms with Crippen molar-refractivity contribution in [2.75, 3.05) is 13.2 Å². The number of aliphatic hydroxyl groups excluding tert-OH is 3. The molecule has 0 bridgehead atoms. The third-order valence-electron chi connectivity index (χ3n) is 2.41. The van der Waals surface area contributed by atoms with Gasteiger partial charge in [0.05, 0.1) is 17.6 Å². The normalized spacial score (nSPS) is 12.4. The molecule has 0 aliphatic heterocycles. The maximum absolute atomic E-state index is 10.8. The fourth-order valence-corrected chi connectivity index (χ4v) is 1.56. The summed E-state index contributed by atoms with van der Waals surface area (Å²) < 4.78 is 0. The smallest absolute Gasteiger partial charge is 0.272 e. The van der Waals surface area contributed by atoms with Gasteiger partial charge in [-0.25, -0.2) is 0 Å². The molecule has 17 heavy (non-hydrogen) atoms. The Morgan fingerprint density at radius 1 is 1.35 bits per heavy atom. The van der Waals surface area contributed by atoms with Crippen LogP contribution in [0.3, 0.4) is 0 Å². The number of hydrogen-bond acceptors (Lipinski definition) is 5. The van der Waals surface area contributed by atoms with Crippen molar-refractivity contribution in [3.05, 3.63) is 39.4 Å². The van der Waals surface area contributed by atoms with Crippen molar-refractivity contribution >= 4 is 5.69 Å². The molecule has 0 fully saturated rings. The molecule has 0 saturated heterocycles. The predicted molar refractivity (Wildman–Crippen MR) is 60.7 cm³/mol. The van der Waals surface area contributed by atoms with E-state index in [2.05, 4.69) is 0 Å². The average molecular weight is 241 g/mol. The molecule has 1 atom stereocenters. The van der Waals surface area contributed by atoms with E-state index in [9.17, 15) is 15.2 Å². The van der Waals surface area contributed by atoms with Gasteiger partial charge in [0, 0.05) is 24.7 Å². The van der Waals surface area contributed by atoms with Crippen molar-refractivity contribution in [1.82, 2.24) is 0 Å². The second-order valence-corrected chi connectivity index (χ2v) is 3.73. The van der Waals surface area contributed by atoms with Crippen LogP contribution in [0, 0.1) is 10.1 Å². The van der Waals surface area contributed by atoms with E-state index in [4.69, 9.17) is 10.2 Å². The zero-order valence-corrected chi connectivity index (χ0v) is 9.24. The molecule has 1 rings (SSSR count). The van der Waals surface area contributed by atoms with E-state index in [-0.39, 0.29) is 18.7 Å². The van der Waals surface area contributed by atoms with Crippen molar-refractivity contribution in [2.45, 2.75) is 18.9 Å². The lowest BCUT2D eigenvalue weighted by Gasteiger charge is -2.08. The van der Waals surface area contributed by atoms with E-state index in [0.717, 1.165) is 0 Å². The van der Waals surface area contributed by atoms with Gasteiger partial charge in [0.2, 0.25) is 0 Å². The van der Waals surface area contributed by atoms with Gasteiger partial charge >= 0.3 is 0 Å². The SMILES string of the molecule is O=[N+]([O-])c1cc(CCO)ccc1CC(O)CO. The van der Waals surface area contributed by atoms with Crippen LogP contribution in [0.15, 0.2) is 18.2 Å². The van der Waals surface area contributed by atoms with Gasteiger partial charge in [0.25, 0.3) is 5.69 Å². The minimum atomic E-state index is -1.00. The monoisotopic (exact) mass is 241 g/mol. The molecule has 0 saturated carbocycles. The summed E-state index contributed by atoms with van der Waals surface area (Å²) in [7, 11) is 0. The molecule has 6 nitrogen and oxygen atoms in total. The Bertz CT molecular complexity index is 393. The molecule has 6 heteroatoms. The summed E-state index contributed by atoms with van der Waals surface area (Å²) in [4.78, 5) is 10.3. The van der Waals surface area contributed by atoms with Crippen LogP contribution in [0.2, 0.25) is 0 Å². The van der Waals surface area contributed by atoms with Crippen LogP contribution in [0.4, 0.5) is 5.69 Å². The van der Waals surface area contributed by atoms with Crippen LogP contribution >= 0.6 is 0 Å². The van der Waals surface area contributed by atoms with Crippen LogP contribution in [-0.4, -0.2) is 39.6 Å². The standard InChI is InChI=1S/C11H15NO5/c13-4-3-8-1-2-9(6-10(15)7-14)11(5-8)12(16)17/h1-2,5,10,13-15H,3-4,6-7H2. The molecule has 0 heterocycles. The Hall–Kier alpha value is -1.50. The van der Waals surface area contributed by atoms with Crippen LogP contribution < -0.4 is 0 Å². The summed E-state index contributed by atoms with van der Waals surface area (Å²) in [6.07, 6.45) is -0.618. The Morgan fingerprint density at radius 3 is 2.59 bits per heavy atom. The van der Waals surface area contributed by atoms with E-state index in [1.807, 2.05) is 0 Å². The Labute approximate surface area is 98.3 Å². The molecule has 0 amide bonds. The highest BCUT2D eigenvalue weighted by Crippen LogP contribution is 2.22. The van der Waals surface area contributed by atoms with Gasteiger partial charge in [0.15, 0.2) is 0 Å². The van der Waals surface area contributed by atoms with E-state index in [1.165, 1.54) is 6.07 Å². The first-order valence-corrected chi connectivity index (χ1v) is 5.24. The third-order valence-corrected chi connectivity index (χ3v) is 2.41. The van der Waals surface area contributed by atoms with E-state index < -0.39 is 17.6 Å². The maximum Gasteiger partial charge on any atom is 0.272 e. The molecule has 1 unspecified atom stereocenters. The number of rotatable bonds is 6. The van der Waals surface area contributed by atoms with Gasteiger partial charge in [-0.15, -0.1) is 0 Å². The number of aliphatic hydroxyl groups is 3. The average Bonchev–Trinajstić information content (AvgIpc) is 2.31. The maximum atomic E-state index is 10.8. The van der Waals surface area contributed by atoms with E-state index >= 15 is 0 Å². The second kappa shape index (κ2) is 6.29. The van der Waals surface area contributed by atoms with Crippen molar-refractivity contribution < 1.29 is 20.2 Å². The van der Waals surface area contributed by atoms with Crippen molar-refractivity contribution in [1.29, 1.82) is 0 Å². The zero-order valence-electron chi connectivity index (χ0n) is 9.24. The van der Waals surface area contributed by atoms with Gasteiger partial charge in [-0.3, -0.25) is 10.1 Å². The van der Waals surface area contributed by atoms with E-state index in [0.29, 0.717) is 17.5 Å². The lowest BCUT2D eigenvalue weighted by atomic mass is 10.0. The van der Waals surface area contributed by atoms with Crippen LogP contribution in [0.1, 0.15) is 11.1 Å². The highest BCUT2D eigenvalue weighted by atomic mass is 16.6. The molecule has 94 valence electrons. The van der Waals surface area contributed by atoms with Crippen LogP contribution in [0.25, 0.3) is 0 Å². The molecule has 0 radical (unpaired) electrons. The van der Waals surface area contributed by atoms with Crippen molar-refractivity contribution in [3.63, 3.8) is 0 Å². The highest BCUT2D eigenvalue weighted by Gasteiger charge is 2.17. The summed E-state index contributed by atoms with van der Waals surface area (Å²) in [5.74, 6) is 0. The molecular weight excluding hydrogens is 226 g/mol. The summed E-state index contributed by atoms with van der Waals surface area (Å²) in [5.41, 5.74) is 0.947. The number of benzene rings is 1. The fraction of sp³-hybridized carbons (Fsp3) is 0.455. The molecule has 3 N–H and O–H groups in total. The first-order valence-electron chi connectivity index (χ1n) is 5.24. The largest absolute Gasteiger partial charge is 0.396 e. The number of hydrogen-bond donors (Lipinski definition) is 3. The second-order valence-electron chi connectivity index (χ2n) is 3.73. The van der Waals surface area contributed by atoms with Crippen LogP contribution in [0.5, 0.6) is 0 Å². The Morgan fingerprint density at radius 2 is 2.06 bits per heavy atom. The lowest BCUT2D eigenvalue weighted by molar-refractivity contribution is -0.385. The molecule has 1 aromatic carbocycles. The lowest BCUT2D eigenvalue weighted by Crippen LogP contribution is -2.16. The Balaban J connectivity index is 3.00. The predicted octanol–water partition coefficient (Wildman–Crippen LogP) is 0.0253. The van der Waals surface area contributed by atoms with Gasteiger partial charge < -0.3 is 15.3 Å². The van der Waals surface area contributed by atoms with Gasteiger partial charge in [-0.05, 0) is 12.0 Å². The summed E-state index contributed by atoms with van der Waals surface area (Å²) >= 11 is 0. The summed E-state index contributed by atoms with van der Waals surface area (Å²) in [6.45, 7) is -0.509. The van der Waals surface area contributed by atoms with Gasteiger partial charge in [-0.2, -0.15) is 0 Å². The minimum absolute atomic E-state index is 0.0339. The highest BCUT2D eigenvalue weighted by molar-refractivity contribution is 5.43. The fourth-order valence-electron chi connectivity index (χ4n) is 1.56. The molecule has 0 spiro atoms. The topological polar surface area (TPSA) is 104 Å². The summed E-state index contributed by atoms with van der Waals surface area (Å²) in [5, 5.41) is 37.6. The molecule has 0 aromatic heterocycles. The minimum Gasteiger partial charge on any atom is -0.396 e. The Kier molecular flexibility index (Phi) is 5.02. The molecule has 0 aliphatic carbocycles. The zero-order chi connectivity index (χ0) is 12.8. The quantitative estimate of drug-likeness (QED) is 0.481. The van der Waals surface area contributed by atoms with Gasteiger partial charge in [0.1, 0.15) is 0 Å². The molecular formula is C11H15NO5. The number of nitro benzene ring substituents is 1. The molecule has 1 aromatic rings. The van der Waals surface area contributed by atoms with E-state index in [1.54, 1.807) is 12.1 Å². The number of nitro groups is 1. The summed E-state index contributed by atoms with van der Waals surface area (Å²) in [6, 6.07) is 4.60.